The summed E-state index contributed by atoms with van der Waals surface area (Å²) in [6.45, 7) is 0. The first-order valence-electron chi connectivity index (χ1n) is 9.38. The van der Waals surface area contributed by atoms with Crippen molar-refractivity contribution in [3.05, 3.63) is 99.6 Å². The van der Waals surface area contributed by atoms with Gasteiger partial charge in [0, 0.05) is 0 Å². The summed E-state index contributed by atoms with van der Waals surface area (Å²) in [5.74, 6) is -0.410. The lowest BCUT2D eigenvalue weighted by Crippen LogP contribution is -2.26. The van der Waals surface area contributed by atoms with Gasteiger partial charge in [0.05, 0.1) is 42.9 Å². The van der Waals surface area contributed by atoms with Crippen molar-refractivity contribution in [1.82, 2.24) is 5.43 Å². The maximum absolute atomic E-state index is 13.0. The van der Waals surface area contributed by atoms with Crippen LogP contribution in [0.1, 0.15) is 22.6 Å². The zero-order chi connectivity index (χ0) is 22.2. The standard InChI is InChI=1S/C23H21N3O5/c1-30-20-13-18(19(26(28)29)14-21(20)31-2)15-24-25-23(27)22(16-9-5-3-6-10-16)17-11-7-4-8-12-17/h3-15,22H,1-2H3,(H,25,27). The van der Waals surface area contributed by atoms with Gasteiger partial charge in [0.2, 0.25) is 0 Å². The molecule has 3 aromatic carbocycles. The zero-order valence-electron chi connectivity index (χ0n) is 17.0. The highest BCUT2D eigenvalue weighted by Gasteiger charge is 2.23. The van der Waals surface area contributed by atoms with Crippen LogP contribution in [0, 0.1) is 10.1 Å². The Hall–Kier alpha value is -4.20. The molecule has 0 fully saturated rings. The molecule has 3 rings (SSSR count). The van der Waals surface area contributed by atoms with Gasteiger partial charge in [-0.05, 0) is 17.2 Å². The van der Waals surface area contributed by atoms with Crippen molar-refractivity contribution in [2.45, 2.75) is 5.92 Å². The lowest BCUT2D eigenvalue weighted by atomic mass is 9.91. The molecule has 0 aliphatic carbocycles. The number of hydrogen-bond acceptors (Lipinski definition) is 6. The lowest BCUT2D eigenvalue weighted by Gasteiger charge is -2.16. The topological polar surface area (TPSA) is 103 Å². The van der Waals surface area contributed by atoms with Crippen molar-refractivity contribution in [1.29, 1.82) is 0 Å². The predicted octanol–water partition coefficient (Wildman–Crippen LogP) is 3.89. The van der Waals surface area contributed by atoms with E-state index in [0.717, 1.165) is 11.1 Å². The minimum Gasteiger partial charge on any atom is -0.493 e. The second kappa shape index (κ2) is 10.0. The Morgan fingerprint density at radius 1 is 0.968 bits per heavy atom. The van der Waals surface area contributed by atoms with Crippen LogP contribution in [-0.2, 0) is 4.79 Å². The minimum atomic E-state index is -0.583. The molecule has 0 unspecified atom stereocenters. The minimum absolute atomic E-state index is 0.166. The van der Waals surface area contributed by atoms with Gasteiger partial charge in [0.15, 0.2) is 11.5 Å². The van der Waals surface area contributed by atoms with Crippen molar-refractivity contribution in [3.8, 4) is 11.5 Å². The number of ether oxygens (including phenoxy) is 2. The van der Waals surface area contributed by atoms with Crippen LogP contribution in [0.3, 0.4) is 0 Å². The first-order valence-corrected chi connectivity index (χ1v) is 9.38. The lowest BCUT2D eigenvalue weighted by molar-refractivity contribution is -0.385. The van der Waals surface area contributed by atoms with Gasteiger partial charge in [-0.1, -0.05) is 60.7 Å². The summed E-state index contributed by atoms with van der Waals surface area (Å²) in [4.78, 5) is 23.8. The molecule has 0 aliphatic heterocycles. The van der Waals surface area contributed by atoms with Crippen LogP contribution in [-0.4, -0.2) is 31.3 Å². The highest BCUT2D eigenvalue weighted by atomic mass is 16.6. The highest BCUT2D eigenvalue weighted by molar-refractivity contribution is 5.90. The highest BCUT2D eigenvalue weighted by Crippen LogP contribution is 2.33. The van der Waals surface area contributed by atoms with Gasteiger partial charge in [0.25, 0.3) is 11.6 Å². The molecule has 1 amide bonds. The van der Waals surface area contributed by atoms with Crippen molar-refractivity contribution in [2.75, 3.05) is 14.2 Å². The Morgan fingerprint density at radius 2 is 1.48 bits per heavy atom. The van der Waals surface area contributed by atoms with E-state index in [9.17, 15) is 14.9 Å². The third-order valence-electron chi connectivity index (χ3n) is 4.64. The average molecular weight is 419 g/mol. The van der Waals surface area contributed by atoms with Gasteiger partial charge in [-0.25, -0.2) is 5.43 Å². The first kappa shape index (κ1) is 21.5. The van der Waals surface area contributed by atoms with Crippen LogP contribution >= 0.6 is 0 Å². The second-order valence-electron chi connectivity index (χ2n) is 6.51. The third kappa shape index (κ3) is 5.05. The smallest absolute Gasteiger partial charge is 0.282 e. The summed E-state index contributed by atoms with van der Waals surface area (Å²) in [6.07, 6.45) is 1.21. The van der Waals surface area contributed by atoms with Gasteiger partial charge in [-0.3, -0.25) is 14.9 Å². The summed E-state index contributed by atoms with van der Waals surface area (Å²) in [5.41, 5.74) is 4.05. The van der Waals surface area contributed by atoms with Crippen LogP contribution < -0.4 is 14.9 Å². The third-order valence-corrected chi connectivity index (χ3v) is 4.64. The average Bonchev–Trinajstić information content (AvgIpc) is 2.80. The van der Waals surface area contributed by atoms with Crippen molar-refractivity contribution < 1.29 is 19.2 Å². The Bertz CT molecular complexity index is 1050. The number of carbonyl (C=O) groups is 1. The molecule has 1 N–H and O–H groups in total. The van der Waals surface area contributed by atoms with E-state index in [0.29, 0.717) is 5.75 Å². The molecule has 0 radical (unpaired) electrons. The fourth-order valence-corrected chi connectivity index (χ4v) is 3.16. The molecule has 8 nitrogen and oxygen atoms in total. The number of hydrogen-bond donors (Lipinski definition) is 1. The maximum Gasteiger partial charge on any atom is 0.282 e. The molecule has 31 heavy (non-hydrogen) atoms. The Labute approximate surface area is 179 Å². The van der Waals surface area contributed by atoms with Crippen LogP contribution in [0.25, 0.3) is 0 Å². The zero-order valence-corrected chi connectivity index (χ0v) is 17.0. The van der Waals surface area contributed by atoms with E-state index in [-0.39, 0.29) is 22.9 Å². The second-order valence-corrected chi connectivity index (χ2v) is 6.51. The monoisotopic (exact) mass is 419 g/mol. The van der Waals surface area contributed by atoms with E-state index in [4.69, 9.17) is 9.47 Å². The summed E-state index contributed by atoms with van der Waals surface area (Å²) >= 11 is 0. The molecule has 0 heterocycles. The molecule has 0 aromatic heterocycles. The van der Waals surface area contributed by atoms with E-state index in [2.05, 4.69) is 10.5 Å². The summed E-state index contributed by atoms with van der Waals surface area (Å²) in [7, 11) is 2.82. The molecule has 0 bridgehead atoms. The Balaban J connectivity index is 1.88. The van der Waals surface area contributed by atoms with E-state index < -0.39 is 10.8 Å². The van der Waals surface area contributed by atoms with E-state index in [1.54, 1.807) is 0 Å². The maximum atomic E-state index is 13.0. The van der Waals surface area contributed by atoms with Crippen molar-refractivity contribution in [3.63, 3.8) is 0 Å². The van der Waals surface area contributed by atoms with Crippen molar-refractivity contribution in [2.24, 2.45) is 5.10 Å². The molecule has 0 atom stereocenters. The van der Waals surface area contributed by atoms with E-state index in [1.165, 1.54) is 32.6 Å². The number of nitro benzene ring substituents is 1. The number of nitro groups is 1. The fraction of sp³-hybridized carbons (Fsp3) is 0.130. The van der Waals surface area contributed by atoms with E-state index >= 15 is 0 Å². The molecular weight excluding hydrogens is 398 g/mol. The van der Waals surface area contributed by atoms with Crippen LogP contribution in [0.2, 0.25) is 0 Å². The Morgan fingerprint density at radius 3 is 1.97 bits per heavy atom. The van der Waals surface area contributed by atoms with Gasteiger partial charge < -0.3 is 9.47 Å². The van der Waals surface area contributed by atoms with Crippen LogP contribution in [0.4, 0.5) is 5.69 Å². The SMILES string of the molecule is COc1cc(C=NNC(=O)C(c2ccccc2)c2ccccc2)c([N+](=O)[O-])cc1OC. The van der Waals surface area contributed by atoms with Crippen LogP contribution in [0.15, 0.2) is 77.9 Å². The van der Waals surface area contributed by atoms with Crippen LogP contribution in [0.5, 0.6) is 11.5 Å². The van der Waals surface area contributed by atoms with Crippen molar-refractivity contribution >= 4 is 17.8 Å². The quantitative estimate of drug-likeness (QED) is 0.339. The number of benzene rings is 3. The fourth-order valence-electron chi connectivity index (χ4n) is 3.16. The normalized spacial score (nSPS) is 10.8. The molecule has 0 spiro atoms. The molecule has 0 saturated heterocycles. The molecule has 8 heteroatoms. The van der Waals surface area contributed by atoms with Gasteiger partial charge in [0.1, 0.15) is 0 Å². The largest absolute Gasteiger partial charge is 0.493 e. The van der Waals surface area contributed by atoms with E-state index in [1.807, 2.05) is 60.7 Å². The summed E-state index contributed by atoms with van der Waals surface area (Å²) < 4.78 is 10.3. The van der Waals surface area contributed by atoms with Gasteiger partial charge in [-0.15, -0.1) is 0 Å². The summed E-state index contributed by atoms with van der Waals surface area (Å²) in [5, 5.41) is 15.4. The molecule has 0 saturated carbocycles. The molecular formula is C23H21N3O5. The number of rotatable bonds is 8. The number of nitrogens with one attached hydrogen (secondary N) is 1. The van der Waals surface area contributed by atoms with Gasteiger partial charge in [-0.2, -0.15) is 5.10 Å². The molecule has 0 aliphatic rings. The number of methoxy groups -OCH3 is 2. The summed E-state index contributed by atoms with van der Waals surface area (Å²) in [6, 6.07) is 21.3. The molecule has 3 aromatic rings. The molecule has 158 valence electrons. The predicted molar refractivity (Wildman–Crippen MR) is 117 cm³/mol. The number of carbonyl (C=O) groups excluding carboxylic acids is 1. The number of amides is 1. The number of hydrazone groups is 1. The number of nitrogens with zero attached hydrogens (tertiary/aromatic N) is 2. The Kier molecular flexibility index (Phi) is 6.95. The first-order chi connectivity index (χ1) is 15.0. The van der Waals surface area contributed by atoms with Gasteiger partial charge >= 0.3 is 0 Å².